The molecule has 5 heteroatoms. The van der Waals surface area contributed by atoms with Gasteiger partial charge in [0, 0.05) is 18.7 Å². The third kappa shape index (κ3) is 3.79. The largest absolute Gasteiger partial charge is 0.481 e. The van der Waals surface area contributed by atoms with Crippen LogP contribution >= 0.6 is 0 Å². The van der Waals surface area contributed by atoms with Crippen molar-refractivity contribution in [2.75, 3.05) is 7.11 Å². The fraction of sp³-hybridized carbons (Fsp3) is 0.429. The fourth-order valence-electron chi connectivity index (χ4n) is 1.67. The molecule has 0 saturated carbocycles. The van der Waals surface area contributed by atoms with E-state index in [4.69, 9.17) is 9.26 Å². The monoisotopic (exact) mass is 261 g/mol. The van der Waals surface area contributed by atoms with Crippen molar-refractivity contribution in [2.45, 2.75) is 32.9 Å². The summed E-state index contributed by atoms with van der Waals surface area (Å²) in [5, 5.41) is 7.29. The van der Waals surface area contributed by atoms with E-state index in [-0.39, 0.29) is 0 Å². The molecule has 0 aliphatic heterocycles. The molecule has 0 unspecified atom stereocenters. The highest BCUT2D eigenvalue weighted by Gasteiger charge is 2.07. The van der Waals surface area contributed by atoms with Gasteiger partial charge >= 0.3 is 0 Å². The predicted molar refractivity (Wildman–Crippen MR) is 71.9 cm³/mol. The van der Waals surface area contributed by atoms with Crippen LogP contribution in [0, 0.1) is 0 Å². The van der Waals surface area contributed by atoms with Gasteiger partial charge in [0.1, 0.15) is 0 Å². The fourth-order valence-corrected chi connectivity index (χ4v) is 1.67. The lowest BCUT2D eigenvalue weighted by Crippen LogP contribution is -2.13. The van der Waals surface area contributed by atoms with E-state index in [1.807, 2.05) is 24.3 Å². The number of nitrogens with zero attached hydrogens (tertiary/aromatic N) is 2. The van der Waals surface area contributed by atoms with Crippen LogP contribution in [0.15, 0.2) is 28.8 Å². The van der Waals surface area contributed by atoms with Crippen LogP contribution in [0.25, 0.3) is 0 Å². The second-order valence-corrected chi connectivity index (χ2v) is 4.65. The van der Waals surface area contributed by atoms with Gasteiger partial charge in [0.05, 0.1) is 25.0 Å². The number of hydrogen-bond acceptors (Lipinski definition) is 5. The standard InChI is InChI=1S/C14H19N3O2/c1-10(2)13-7-12(19-17-13)9-15-8-11-5-4-6-14(16-11)18-3/h4-7,10,15H,8-9H2,1-3H3. The van der Waals surface area contributed by atoms with Gasteiger partial charge in [0.2, 0.25) is 5.88 Å². The second kappa shape index (κ2) is 6.33. The van der Waals surface area contributed by atoms with E-state index in [9.17, 15) is 0 Å². The lowest BCUT2D eigenvalue weighted by atomic mass is 10.1. The molecule has 0 aliphatic rings. The summed E-state index contributed by atoms with van der Waals surface area (Å²) in [5.74, 6) is 1.85. The Labute approximate surface area is 113 Å². The van der Waals surface area contributed by atoms with Crippen LogP contribution < -0.4 is 10.1 Å². The Hall–Kier alpha value is -1.88. The van der Waals surface area contributed by atoms with Gasteiger partial charge in [-0.3, -0.25) is 0 Å². The average Bonchev–Trinajstić information content (AvgIpc) is 2.88. The van der Waals surface area contributed by atoms with E-state index in [0.717, 1.165) is 17.1 Å². The number of rotatable bonds is 6. The van der Waals surface area contributed by atoms with Crippen LogP contribution in [-0.2, 0) is 13.1 Å². The summed E-state index contributed by atoms with van der Waals surface area (Å²) in [6, 6.07) is 7.69. The highest BCUT2D eigenvalue weighted by Crippen LogP contribution is 2.14. The minimum Gasteiger partial charge on any atom is -0.481 e. The molecule has 19 heavy (non-hydrogen) atoms. The quantitative estimate of drug-likeness (QED) is 0.865. The second-order valence-electron chi connectivity index (χ2n) is 4.65. The summed E-state index contributed by atoms with van der Waals surface area (Å²) in [7, 11) is 1.61. The smallest absolute Gasteiger partial charge is 0.213 e. The highest BCUT2D eigenvalue weighted by molar-refractivity contribution is 5.15. The van der Waals surface area contributed by atoms with Crippen molar-refractivity contribution in [3.05, 3.63) is 41.4 Å². The molecule has 2 aromatic rings. The van der Waals surface area contributed by atoms with E-state index in [1.165, 1.54) is 0 Å². The van der Waals surface area contributed by atoms with Crippen molar-refractivity contribution in [2.24, 2.45) is 0 Å². The lowest BCUT2D eigenvalue weighted by molar-refractivity contribution is 0.364. The van der Waals surface area contributed by atoms with Crippen LogP contribution in [0.5, 0.6) is 5.88 Å². The van der Waals surface area contributed by atoms with Crippen molar-refractivity contribution < 1.29 is 9.26 Å². The third-order valence-electron chi connectivity index (χ3n) is 2.76. The highest BCUT2D eigenvalue weighted by atomic mass is 16.5. The Kier molecular flexibility index (Phi) is 4.52. The molecular weight excluding hydrogens is 242 g/mol. The summed E-state index contributed by atoms with van der Waals surface area (Å²) in [4.78, 5) is 4.32. The Morgan fingerprint density at radius 3 is 2.84 bits per heavy atom. The van der Waals surface area contributed by atoms with Gasteiger partial charge in [0.15, 0.2) is 5.76 Å². The summed E-state index contributed by atoms with van der Waals surface area (Å²) in [6.45, 7) is 5.48. The third-order valence-corrected chi connectivity index (χ3v) is 2.76. The first kappa shape index (κ1) is 13.5. The van der Waals surface area contributed by atoms with Gasteiger partial charge in [-0.25, -0.2) is 4.98 Å². The summed E-state index contributed by atoms with van der Waals surface area (Å²) >= 11 is 0. The minimum absolute atomic E-state index is 0.387. The molecule has 0 saturated heterocycles. The van der Waals surface area contributed by atoms with Crippen LogP contribution in [-0.4, -0.2) is 17.3 Å². The molecule has 2 heterocycles. The first-order valence-corrected chi connectivity index (χ1v) is 6.35. The van der Waals surface area contributed by atoms with Crippen LogP contribution in [0.4, 0.5) is 0 Å². The molecule has 0 bridgehead atoms. The van der Waals surface area contributed by atoms with Crippen molar-refractivity contribution in [3.8, 4) is 5.88 Å². The van der Waals surface area contributed by atoms with Crippen molar-refractivity contribution in [3.63, 3.8) is 0 Å². The number of nitrogens with one attached hydrogen (secondary N) is 1. The Morgan fingerprint density at radius 1 is 1.32 bits per heavy atom. The first-order chi connectivity index (χ1) is 9.19. The van der Waals surface area contributed by atoms with Crippen LogP contribution in [0.1, 0.15) is 36.9 Å². The maximum Gasteiger partial charge on any atom is 0.213 e. The van der Waals surface area contributed by atoms with Gasteiger partial charge in [-0.05, 0) is 12.0 Å². The van der Waals surface area contributed by atoms with E-state index in [0.29, 0.717) is 24.9 Å². The SMILES string of the molecule is COc1cccc(CNCc2cc(C(C)C)no2)n1. The Balaban J connectivity index is 1.85. The number of ether oxygens (including phenoxy) is 1. The topological polar surface area (TPSA) is 60.2 Å². The van der Waals surface area contributed by atoms with Gasteiger partial charge in [-0.1, -0.05) is 25.1 Å². The zero-order chi connectivity index (χ0) is 13.7. The van der Waals surface area contributed by atoms with Crippen molar-refractivity contribution >= 4 is 0 Å². The van der Waals surface area contributed by atoms with E-state index in [2.05, 4.69) is 29.3 Å². The van der Waals surface area contributed by atoms with E-state index in [1.54, 1.807) is 7.11 Å². The van der Waals surface area contributed by atoms with Crippen molar-refractivity contribution in [1.82, 2.24) is 15.5 Å². The maximum absolute atomic E-state index is 5.25. The summed E-state index contributed by atoms with van der Waals surface area (Å²) < 4.78 is 10.3. The molecular formula is C14H19N3O2. The molecule has 2 rings (SSSR count). The zero-order valence-electron chi connectivity index (χ0n) is 11.5. The predicted octanol–water partition coefficient (Wildman–Crippen LogP) is 2.49. The lowest BCUT2D eigenvalue weighted by Gasteiger charge is -2.04. The minimum atomic E-state index is 0.387. The molecule has 0 fully saturated rings. The molecule has 0 amide bonds. The number of hydrogen-bond donors (Lipinski definition) is 1. The van der Waals surface area contributed by atoms with E-state index >= 15 is 0 Å². The average molecular weight is 261 g/mol. The van der Waals surface area contributed by atoms with Gasteiger partial charge < -0.3 is 14.6 Å². The number of aromatic nitrogens is 2. The molecule has 1 N–H and O–H groups in total. The van der Waals surface area contributed by atoms with Crippen molar-refractivity contribution in [1.29, 1.82) is 0 Å². The molecule has 0 aliphatic carbocycles. The zero-order valence-corrected chi connectivity index (χ0v) is 11.5. The van der Waals surface area contributed by atoms with Gasteiger partial charge in [0.25, 0.3) is 0 Å². The number of methoxy groups -OCH3 is 1. The molecule has 5 nitrogen and oxygen atoms in total. The number of pyridine rings is 1. The molecule has 0 atom stereocenters. The molecule has 0 aromatic carbocycles. The summed E-state index contributed by atoms with van der Waals surface area (Å²) in [5.41, 5.74) is 1.92. The van der Waals surface area contributed by atoms with Crippen LogP contribution in [0.2, 0.25) is 0 Å². The van der Waals surface area contributed by atoms with Gasteiger partial charge in [-0.15, -0.1) is 0 Å². The first-order valence-electron chi connectivity index (χ1n) is 6.35. The molecule has 2 aromatic heterocycles. The maximum atomic E-state index is 5.25. The summed E-state index contributed by atoms with van der Waals surface area (Å²) in [6.07, 6.45) is 0. The normalized spacial score (nSPS) is 10.9. The van der Waals surface area contributed by atoms with E-state index < -0.39 is 0 Å². The Bertz CT molecular complexity index is 523. The molecule has 0 spiro atoms. The Morgan fingerprint density at radius 2 is 2.16 bits per heavy atom. The molecule has 102 valence electrons. The van der Waals surface area contributed by atoms with Gasteiger partial charge in [-0.2, -0.15) is 0 Å². The molecule has 0 radical (unpaired) electrons. The van der Waals surface area contributed by atoms with Crippen LogP contribution in [0.3, 0.4) is 0 Å².